The van der Waals surface area contributed by atoms with E-state index < -0.39 is 0 Å². The first kappa shape index (κ1) is 17.5. The van der Waals surface area contributed by atoms with Gasteiger partial charge in [-0.15, -0.1) is 0 Å². The summed E-state index contributed by atoms with van der Waals surface area (Å²) >= 11 is 0. The zero-order valence-electron chi connectivity index (χ0n) is 16.1. The van der Waals surface area contributed by atoms with Gasteiger partial charge in [-0.25, -0.2) is 4.98 Å². The van der Waals surface area contributed by atoms with Crippen LogP contribution in [0.25, 0.3) is 0 Å². The van der Waals surface area contributed by atoms with Crippen LogP contribution in [0.3, 0.4) is 0 Å². The number of rotatable bonds is 3. The summed E-state index contributed by atoms with van der Waals surface area (Å²) in [5.41, 5.74) is 1.49. The number of carbonyl (C=O) groups excluding carboxylic acids is 1. The number of hydrogen-bond donors (Lipinski definition) is 1. The van der Waals surface area contributed by atoms with Gasteiger partial charge in [0.1, 0.15) is 22.9 Å². The van der Waals surface area contributed by atoms with Gasteiger partial charge in [0, 0.05) is 25.1 Å². The number of nitrogens with one attached hydrogen (secondary N) is 1. The molecular formula is C22H26N4O2. The van der Waals surface area contributed by atoms with Gasteiger partial charge in [-0.3, -0.25) is 9.78 Å². The molecular weight excluding hydrogens is 352 g/mol. The lowest BCUT2D eigenvalue weighted by atomic mass is 9.86. The third-order valence-corrected chi connectivity index (χ3v) is 6.28. The Bertz CT molecular complexity index is 872. The SMILES string of the molecule is O=C(c1cncc(NC2CC3(CCCC3)Oc3ccccc32)n1)N1CCCC1. The van der Waals surface area contributed by atoms with Crippen LogP contribution in [0.2, 0.25) is 0 Å². The maximum Gasteiger partial charge on any atom is 0.274 e. The van der Waals surface area contributed by atoms with Crippen molar-refractivity contribution in [2.45, 2.75) is 56.6 Å². The Hall–Kier alpha value is -2.63. The number of likely N-dealkylation sites (tertiary alicyclic amines) is 1. The maximum absolute atomic E-state index is 12.7. The van der Waals surface area contributed by atoms with E-state index in [9.17, 15) is 4.79 Å². The lowest BCUT2D eigenvalue weighted by Crippen LogP contribution is -2.40. The second-order valence-electron chi connectivity index (χ2n) is 8.22. The van der Waals surface area contributed by atoms with Gasteiger partial charge in [0.25, 0.3) is 5.91 Å². The topological polar surface area (TPSA) is 67.3 Å². The van der Waals surface area contributed by atoms with E-state index in [0.29, 0.717) is 11.5 Å². The average Bonchev–Trinajstić information content (AvgIpc) is 3.40. The number of ether oxygens (including phenoxy) is 1. The average molecular weight is 378 g/mol. The molecule has 3 aliphatic rings. The van der Waals surface area contributed by atoms with Gasteiger partial charge in [-0.05, 0) is 44.6 Å². The normalized spacial score (nSPS) is 22.7. The summed E-state index contributed by atoms with van der Waals surface area (Å²) in [4.78, 5) is 23.4. The minimum atomic E-state index is -0.0809. The maximum atomic E-state index is 12.7. The van der Waals surface area contributed by atoms with Gasteiger partial charge in [-0.2, -0.15) is 0 Å². The number of nitrogens with zero attached hydrogens (tertiary/aromatic N) is 3. The highest BCUT2D eigenvalue weighted by molar-refractivity contribution is 5.92. The molecule has 0 bridgehead atoms. The molecule has 1 unspecified atom stereocenters. The van der Waals surface area contributed by atoms with Crippen molar-refractivity contribution in [3.8, 4) is 5.75 Å². The predicted octanol–water partition coefficient (Wildman–Crippen LogP) is 3.96. The number of anilines is 1. The molecule has 1 N–H and O–H groups in total. The molecule has 1 spiro atoms. The fourth-order valence-corrected chi connectivity index (χ4v) is 4.87. The molecule has 146 valence electrons. The Morgan fingerprint density at radius 2 is 1.89 bits per heavy atom. The molecule has 0 radical (unpaired) electrons. The highest BCUT2D eigenvalue weighted by atomic mass is 16.5. The van der Waals surface area contributed by atoms with Crippen LogP contribution in [-0.4, -0.2) is 39.5 Å². The Kier molecular flexibility index (Phi) is 4.41. The first-order valence-corrected chi connectivity index (χ1v) is 10.4. The fourth-order valence-electron chi connectivity index (χ4n) is 4.87. The summed E-state index contributed by atoms with van der Waals surface area (Å²) in [6.45, 7) is 1.63. The molecule has 1 amide bonds. The Morgan fingerprint density at radius 1 is 1.11 bits per heavy atom. The van der Waals surface area contributed by atoms with E-state index in [2.05, 4.69) is 27.4 Å². The summed E-state index contributed by atoms with van der Waals surface area (Å²) in [7, 11) is 0. The molecule has 2 fully saturated rings. The largest absolute Gasteiger partial charge is 0.487 e. The minimum absolute atomic E-state index is 0.0201. The van der Waals surface area contributed by atoms with Crippen LogP contribution in [-0.2, 0) is 0 Å². The molecule has 1 saturated carbocycles. The molecule has 6 heteroatoms. The number of para-hydroxylation sites is 1. The second-order valence-corrected chi connectivity index (χ2v) is 8.22. The van der Waals surface area contributed by atoms with E-state index in [4.69, 9.17) is 4.74 Å². The predicted molar refractivity (Wildman–Crippen MR) is 106 cm³/mol. The van der Waals surface area contributed by atoms with E-state index >= 15 is 0 Å². The molecule has 1 aliphatic carbocycles. The van der Waals surface area contributed by atoms with E-state index in [1.165, 1.54) is 12.8 Å². The van der Waals surface area contributed by atoms with Crippen molar-refractivity contribution in [1.29, 1.82) is 0 Å². The smallest absolute Gasteiger partial charge is 0.274 e. The number of carbonyl (C=O) groups is 1. The molecule has 1 aromatic carbocycles. The van der Waals surface area contributed by atoms with Crippen molar-refractivity contribution in [2.24, 2.45) is 0 Å². The summed E-state index contributed by atoms with van der Waals surface area (Å²) in [5.74, 6) is 1.60. The highest BCUT2D eigenvalue weighted by Gasteiger charge is 2.43. The molecule has 1 saturated heterocycles. The molecule has 2 aromatic rings. The quantitative estimate of drug-likeness (QED) is 0.876. The Balaban J connectivity index is 1.40. The molecule has 1 aromatic heterocycles. The molecule has 3 heterocycles. The van der Waals surface area contributed by atoms with Crippen molar-refractivity contribution >= 4 is 11.7 Å². The summed E-state index contributed by atoms with van der Waals surface area (Å²) in [6, 6.07) is 8.35. The number of amides is 1. The van der Waals surface area contributed by atoms with Crippen molar-refractivity contribution in [3.05, 3.63) is 47.9 Å². The Morgan fingerprint density at radius 3 is 2.71 bits per heavy atom. The van der Waals surface area contributed by atoms with Crippen molar-refractivity contribution in [2.75, 3.05) is 18.4 Å². The molecule has 2 aliphatic heterocycles. The first-order valence-electron chi connectivity index (χ1n) is 10.4. The Labute approximate surface area is 165 Å². The number of fused-ring (bicyclic) bond motifs is 1. The number of aromatic nitrogens is 2. The van der Waals surface area contributed by atoms with Gasteiger partial charge >= 0.3 is 0 Å². The van der Waals surface area contributed by atoms with Crippen molar-refractivity contribution in [3.63, 3.8) is 0 Å². The van der Waals surface area contributed by atoms with Gasteiger partial charge in [0.05, 0.1) is 18.4 Å². The third-order valence-electron chi connectivity index (χ3n) is 6.28. The highest BCUT2D eigenvalue weighted by Crippen LogP contribution is 2.47. The van der Waals surface area contributed by atoms with E-state index in [0.717, 1.165) is 56.5 Å². The molecule has 6 nitrogen and oxygen atoms in total. The minimum Gasteiger partial charge on any atom is -0.487 e. The van der Waals surface area contributed by atoms with Crippen LogP contribution < -0.4 is 10.1 Å². The van der Waals surface area contributed by atoms with E-state index in [1.807, 2.05) is 17.0 Å². The summed E-state index contributed by atoms with van der Waals surface area (Å²) in [6.07, 6.45) is 11.0. The van der Waals surface area contributed by atoms with Crippen LogP contribution in [0.15, 0.2) is 36.7 Å². The van der Waals surface area contributed by atoms with Gasteiger partial charge < -0.3 is 15.0 Å². The summed E-state index contributed by atoms with van der Waals surface area (Å²) < 4.78 is 6.44. The van der Waals surface area contributed by atoms with Crippen LogP contribution in [0.4, 0.5) is 5.82 Å². The lowest BCUT2D eigenvalue weighted by Gasteiger charge is -2.40. The lowest BCUT2D eigenvalue weighted by molar-refractivity contribution is 0.0453. The summed E-state index contributed by atoms with van der Waals surface area (Å²) in [5, 5.41) is 3.55. The van der Waals surface area contributed by atoms with Crippen molar-refractivity contribution < 1.29 is 9.53 Å². The number of benzene rings is 1. The van der Waals surface area contributed by atoms with Gasteiger partial charge in [0.15, 0.2) is 0 Å². The third kappa shape index (κ3) is 3.21. The van der Waals surface area contributed by atoms with Gasteiger partial charge in [0.2, 0.25) is 0 Å². The second kappa shape index (κ2) is 7.08. The number of hydrogen-bond acceptors (Lipinski definition) is 5. The molecule has 28 heavy (non-hydrogen) atoms. The zero-order chi connectivity index (χ0) is 19.0. The van der Waals surface area contributed by atoms with E-state index in [-0.39, 0.29) is 17.6 Å². The standard InChI is InChI=1S/C22H26N4O2/c27-21(26-11-5-6-12-26)18-14-23-15-20(25-18)24-17-13-22(9-3-4-10-22)28-19-8-2-1-7-16(17)19/h1-2,7-8,14-15,17H,3-6,9-13H2,(H,24,25). The van der Waals surface area contributed by atoms with Crippen LogP contribution in [0.5, 0.6) is 5.75 Å². The van der Waals surface area contributed by atoms with Crippen LogP contribution >= 0.6 is 0 Å². The van der Waals surface area contributed by atoms with Crippen molar-refractivity contribution in [1.82, 2.24) is 14.9 Å². The fraction of sp³-hybridized carbons (Fsp3) is 0.500. The first-order chi connectivity index (χ1) is 13.7. The monoisotopic (exact) mass is 378 g/mol. The zero-order valence-corrected chi connectivity index (χ0v) is 16.1. The van der Waals surface area contributed by atoms with Gasteiger partial charge in [-0.1, -0.05) is 18.2 Å². The van der Waals surface area contributed by atoms with Crippen LogP contribution in [0.1, 0.15) is 67.0 Å². The van der Waals surface area contributed by atoms with E-state index in [1.54, 1.807) is 12.4 Å². The van der Waals surface area contributed by atoms with Crippen LogP contribution in [0, 0.1) is 0 Å². The molecule has 1 atom stereocenters. The molecule has 5 rings (SSSR count).